The van der Waals surface area contributed by atoms with Crippen LogP contribution in [-0.4, -0.2) is 52.6 Å². The monoisotopic (exact) mass is 445 g/mol. The third kappa shape index (κ3) is 3.22. The molecule has 0 radical (unpaired) electrons. The molecule has 0 fully saturated rings. The number of aromatic amines is 1. The third-order valence-corrected chi connectivity index (χ3v) is 7.99. The van der Waals surface area contributed by atoms with Gasteiger partial charge >= 0.3 is 0 Å². The largest absolute Gasteiger partial charge is 0.354 e. The molecule has 4 rings (SSSR count). The van der Waals surface area contributed by atoms with Crippen LogP contribution >= 0.6 is 22.7 Å². The Bertz CT molecular complexity index is 1020. The summed E-state index contributed by atoms with van der Waals surface area (Å²) in [6.07, 6.45) is 2.02. The lowest BCUT2D eigenvalue weighted by atomic mass is 9.76. The van der Waals surface area contributed by atoms with E-state index in [0.717, 1.165) is 33.7 Å². The maximum Gasteiger partial charge on any atom is 0.261 e. The van der Waals surface area contributed by atoms with E-state index >= 15 is 0 Å². The number of tetrazole rings is 1. The van der Waals surface area contributed by atoms with Gasteiger partial charge in [0, 0.05) is 29.9 Å². The molecule has 30 heavy (non-hydrogen) atoms. The van der Waals surface area contributed by atoms with Crippen LogP contribution in [0.4, 0.5) is 0 Å². The first-order valence-electron chi connectivity index (χ1n) is 9.60. The van der Waals surface area contributed by atoms with Gasteiger partial charge in [0.2, 0.25) is 0 Å². The van der Waals surface area contributed by atoms with E-state index in [1.54, 1.807) is 14.1 Å². The Balaban J connectivity index is 2.03. The van der Waals surface area contributed by atoms with Crippen LogP contribution in [0, 0.1) is 0 Å². The van der Waals surface area contributed by atoms with Crippen LogP contribution in [0.15, 0.2) is 12.1 Å². The number of amides is 2. The minimum atomic E-state index is -0.782. The van der Waals surface area contributed by atoms with E-state index in [4.69, 9.17) is 5.73 Å². The molecule has 3 aromatic heterocycles. The molecule has 0 spiro atoms. The number of carbonyl (C=O) groups excluding carboxylic acids is 2. The Kier molecular flexibility index (Phi) is 5.43. The van der Waals surface area contributed by atoms with Gasteiger partial charge in [-0.3, -0.25) is 9.59 Å². The zero-order valence-electron chi connectivity index (χ0n) is 16.9. The first-order chi connectivity index (χ1) is 14.4. The Morgan fingerprint density at radius 3 is 2.07 bits per heavy atom. The number of aryl methyl sites for hydroxylation is 2. The summed E-state index contributed by atoms with van der Waals surface area (Å²) in [6, 6.07) is 3.72. The summed E-state index contributed by atoms with van der Waals surface area (Å²) in [5.74, 6) is 0.237. The second kappa shape index (κ2) is 7.89. The van der Waals surface area contributed by atoms with Crippen molar-refractivity contribution >= 4 is 34.5 Å². The number of hydrogen-bond acceptors (Lipinski definition) is 8. The number of fused-ring (bicyclic) bond motifs is 2. The highest BCUT2D eigenvalue weighted by Crippen LogP contribution is 2.51. The number of hydrogen-bond donors (Lipinski definition) is 4. The van der Waals surface area contributed by atoms with Crippen molar-refractivity contribution in [3.05, 3.63) is 48.6 Å². The molecule has 158 valence electrons. The highest BCUT2D eigenvalue weighted by Gasteiger charge is 2.48. The molecular weight excluding hydrogens is 422 g/mol. The highest BCUT2D eigenvalue weighted by molar-refractivity contribution is 7.16. The first kappa shape index (κ1) is 20.6. The lowest BCUT2D eigenvalue weighted by Crippen LogP contribution is -2.36. The summed E-state index contributed by atoms with van der Waals surface area (Å²) in [5, 5.41) is 20.5. The van der Waals surface area contributed by atoms with Crippen LogP contribution in [-0.2, 0) is 18.3 Å². The Labute approximate surface area is 181 Å². The van der Waals surface area contributed by atoms with Gasteiger partial charge in [-0.15, -0.1) is 32.9 Å². The number of nitrogens with zero attached hydrogens (tertiary/aromatic N) is 3. The Morgan fingerprint density at radius 1 is 1.13 bits per heavy atom. The molecule has 3 heterocycles. The molecule has 3 aromatic rings. The van der Waals surface area contributed by atoms with Crippen molar-refractivity contribution in [2.24, 2.45) is 5.73 Å². The minimum Gasteiger partial charge on any atom is -0.354 e. The molecule has 0 unspecified atom stereocenters. The third-order valence-electron chi connectivity index (χ3n) is 5.31. The van der Waals surface area contributed by atoms with E-state index in [-0.39, 0.29) is 17.9 Å². The fraction of sp³-hybridized carbons (Fsp3) is 0.421. The van der Waals surface area contributed by atoms with E-state index in [9.17, 15) is 9.59 Å². The molecule has 9 nitrogen and oxygen atoms in total. The standard InChI is InChI=1S/C19H23N7O2S2/c1-9(20)8-19(18-23-25-26-24-18)14-10(6-12(29-14)16(27)21-2)4-5-11-7-13(17(28)22-3)30-15(11)19/h6-7,9H,4-5,8,20H2,1-3H3,(H,21,27)(H,22,28)(H,23,24,25,26)/t9-/m0/s1. The van der Waals surface area contributed by atoms with Gasteiger partial charge in [0.15, 0.2) is 5.82 Å². The number of carbonyl (C=O) groups is 2. The van der Waals surface area contributed by atoms with Crippen LogP contribution in [0.25, 0.3) is 0 Å². The number of aromatic nitrogens is 4. The maximum atomic E-state index is 12.4. The number of nitrogens with one attached hydrogen (secondary N) is 3. The van der Waals surface area contributed by atoms with Crippen molar-refractivity contribution in [2.75, 3.05) is 14.1 Å². The lowest BCUT2D eigenvalue weighted by Gasteiger charge is -2.31. The van der Waals surface area contributed by atoms with Crippen LogP contribution in [0.5, 0.6) is 0 Å². The van der Waals surface area contributed by atoms with Crippen molar-refractivity contribution in [1.82, 2.24) is 31.3 Å². The van der Waals surface area contributed by atoms with Gasteiger partial charge in [-0.05, 0) is 49.4 Å². The fourth-order valence-electron chi connectivity index (χ4n) is 4.10. The smallest absolute Gasteiger partial charge is 0.261 e. The SMILES string of the molecule is CNC(=O)c1cc2c(s1)C(C[C@H](C)N)(c1nn[nH]n1)c1sc(C(=O)NC)cc1CC2. The number of H-pyrrole nitrogens is 1. The van der Waals surface area contributed by atoms with Gasteiger partial charge in [-0.2, -0.15) is 5.21 Å². The second-order valence-electron chi connectivity index (χ2n) is 7.41. The van der Waals surface area contributed by atoms with Crippen molar-refractivity contribution in [1.29, 1.82) is 0 Å². The quantitative estimate of drug-likeness (QED) is 0.466. The summed E-state index contributed by atoms with van der Waals surface area (Å²) in [7, 11) is 3.24. The molecule has 2 amide bonds. The van der Waals surface area contributed by atoms with Crippen LogP contribution in [0.3, 0.4) is 0 Å². The molecule has 0 saturated carbocycles. The number of rotatable bonds is 5. The van der Waals surface area contributed by atoms with E-state index in [1.807, 2.05) is 19.1 Å². The average molecular weight is 446 g/mol. The molecule has 5 N–H and O–H groups in total. The van der Waals surface area contributed by atoms with Gasteiger partial charge < -0.3 is 16.4 Å². The van der Waals surface area contributed by atoms with Crippen molar-refractivity contribution < 1.29 is 9.59 Å². The zero-order chi connectivity index (χ0) is 21.5. The fourth-order valence-corrected chi connectivity index (χ4v) is 6.88. The highest BCUT2D eigenvalue weighted by atomic mass is 32.1. The number of thiophene rings is 2. The lowest BCUT2D eigenvalue weighted by molar-refractivity contribution is 0.0959. The molecule has 1 atom stereocenters. The van der Waals surface area contributed by atoms with Crippen LogP contribution in [0.2, 0.25) is 0 Å². The zero-order valence-corrected chi connectivity index (χ0v) is 18.5. The predicted molar refractivity (Wildman–Crippen MR) is 115 cm³/mol. The molecule has 1 aliphatic carbocycles. The topological polar surface area (TPSA) is 139 Å². The van der Waals surface area contributed by atoms with E-state index < -0.39 is 5.41 Å². The summed E-state index contributed by atoms with van der Waals surface area (Å²) in [5.41, 5.74) is 7.70. The van der Waals surface area contributed by atoms with E-state index in [0.29, 0.717) is 22.0 Å². The van der Waals surface area contributed by atoms with Crippen LogP contribution < -0.4 is 16.4 Å². The molecule has 0 aliphatic heterocycles. The molecule has 1 aliphatic rings. The van der Waals surface area contributed by atoms with Crippen molar-refractivity contribution in [3.63, 3.8) is 0 Å². The second-order valence-corrected chi connectivity index (χ2v) is 9.51. The molecular formula is C19H23N7O2S2. The molecule has 11 heteroatoms. The van der Waals surface area contributed by atoms with E-state index in [1.165, 1.54) is 22.7 Å². The summed E-state index contributed by atoms with van der Waals surface area (Å²) in [4.78, 5) is 28.0. The summed E-state index contributed by atoms with van der Waals surface area (Å²) >= 11 is 2.86. The normalized spacial score (nSPS) is 15.6. The van der Waals surface area contributed by atoms with Gasteiger partial charge in [0.05, 0.1) is 9.75 Å². The minimum absolute atomic E-state index is 0.131. The van der Waals surface area contributed by atoms with Gasteiger partial charge in [-0.1, -0.05) is 5.21 Å². The number of nitrogens with two attached hydrogens (primary N) is 1. The van der Waals surface area contributed by atoms with Gasteiger partial charge in [0.1, 0.15) is 5.41 Å². The molecule has 0 bridgehead atoms. The van der Waals surface area contributed by atoms with Crippen molar-refractivity contribution in [2.45, 2.75) is 37.6 Å². The van der Waals surface area contributed by atoms with Gasteiger partial charge in [-0.25, -0.2) is 0 Å². The average Bonchev–Trinajstić information content (AvgIpc) is 3.48. The predicted octanol–water partition coefficient (Wildman–Crippen LogP) is 1.21. The molecule has 0 saturated heterocycles. The summed E-state index contributed by atoms with van der Waals surface area (Å²) in [6.45, 7) is 1.94. The maximum absolute atomic E-state index is 12.4. The van der Waals surface area contributed by atoms with E-state index in [2.05, 4.69) is 31.3 Å². The van der Waals surface area contributed by atoms with Crippen LogP contribution in [0.1, 0.15) is 59.4 Å². The summed E-state index contributed by atoms with van der Waals surface area (Å²) < 4.78 is 0. The van der Waals surface area contributed by atoms with Crippen molar-refractivity contribution in [3.8, 4) is 0 Å². The Hall–Kier alpha value is -2.63. The first-order valence-corrected chi connectivity index (χ1v) is 11.2. The molecule has 0 aromatic carbocycles. The Morgan fingerprint density at radius 2 is 1.67 bits per heavy atom. The van der Waals surface area contributed by atoms with Gasteiger partial charge in [0.25, 0.3) is 11.8 Å².